The van der Waals surface area contributed by atoms with Crippen LogP contribution in [0.2, 0.25) is 0 Å². The number of hydrogen-bond acceptors (Lipinski definition) is 4. The third-order valence-electron chi connectivity index (χ3n) is 4.39. The summed E-state index contributed by atoms with van der Waals surface area (Å²) in [6.07, 6.45) is 1.12. The van der Waals surface area contributed by atoms with Crippen LogP contribution in [-0.2, 0) is 21.4 Å². The minimum Gasteiger partial charge on any atom is -0.494 e. The van der Waals surface area contributed by atoms with Crippen molar-refractivity contribution < 1.29 is 17.9 Å². The standard InChI is InChI=1S/C21H28N2O4S/c1-6-27-19-11-9-18(10-12-19)14-22-21(24)17(4)23(28(5,25)26)20-13-15(2)7-8-16(20)3/h7-13,17H,6,14H2,1-5H3,(H,22,24). The number of nitrogens with one attached hydrogen (secondary N) is 1. The van der Waals surface area contributed by atoms with E-state index in [-0.39, 0.29) is 5.91 Å². The van der Waals surface area contributed by atoms with Gasteiger partial charge in [0.25, 0.3) is 0 Å². The van der Waals surface area contributed by atoms with E-state index < -0.39 is 16.1 Å². The summed E-state index contributed by atoms with van der Waals surface area (Å²) in [5.74, 6) is 0.407. The van der Waals surface area contributed by atoms with Gasteiger partial charge in [-0.05, 0) is 62.6 Å². The Balaban J connectivity index is 2.16. The zero-order chi connectivity index (χ0) is 20.9. The van der Waals surface area contributed by atoms with Crippen molar-refractivity contribution in [2.45, 2.75) is 40.3 Å². The van der Waals surface area contributed by atoms with E-state index in [9.17, 15) is 13.2 Å². The summed E-state index contributed by atoms with van der Waals surface area (Å²) < 4.78 is 31.5. The number of sulfonamides is 1. The van der Waals surface area contributed by atoms with Crippen LogP contribution in [0.3, 0.4) is 0 Å². The summed E-state index contributed by atoms with van der Waals surface area (Å²) in [5, 5.41) is 2.82. The fourth-order valence-corrected chi connectivity index (χ4v) is 4.17. The molecule has 1 atom stereocenters. The van der Waals surface area contributed by atoms with Crippen LogP contribution < -0.4 is 14.4 Å². The number of anilines is 1. The zero-order valence-corrected chi connectivity index (χ0v) is 17.8. The molecule has 1 N–H and O–H groups in total. The fraction of sp³-hybridized carbons (Fsp3) is 0.381. The summed E-state index contributed by atoms with van der Waals surface area (Å²) in [6, 6.07) is 12.1. The largest absolute Gasteiger partial charge is 0.494 e. The van der Waals surface area contributed by atoms with Gasteiger partial charge in [-0.1, -0.05) is 24.3 Å². The molecule has 2 rings (SSSR count). The maximum Gasteiger partial charge on any atom is 0.243 e. The Bertz CT molecular complexity index is 924. The van der Waals surface area contributed by atoms with Crippen molar-refractivity contribution in [3.63, 3.8) is 0 Å². The smallest absolute Gasteiger partial charge is 0.243 e. The molecule has 0 aliphatic carbocycles. The number of ether oxygens (including phenoxy) is 1. The van der Waals surface area contributed by atoms with Crippen LogP contribution in [-0.4, -0.2) is 33.2 Å². The van der Waals surface area contributed by atoms with Gasteiger partial charge in [-0.25, -0.2) is 8.42 Å². The van der Waals surface area contributed by atoms with E-state index in [4.69, 9.17) is 4.74 Å². The summed E-state index contributed by atoms with van der Waals surface area (Å²) in [7, 11) is -3.64. The SMILES string of the molecule is CCOc1ccc(CNC(=O)C(C)N(c2cc(C)ccc2C)S(C)(=O)=O)cc1. The topological polar surface area (TPSA) is 75.7 Å². The molecule has 28 heavy (non-hydrogen) atoms. The van der Waals surface area contributed by atoms with Gasteiger partial charge in [-0.2, -0.15) is 0 Å². The first-order valence-corrected chi connectivity index (χ1v) is 11.0. The van der Waals surface area contributed by atoms with Crippen LogP contribution in [0.1, 0.15) is 30.5 Å². The maximum atomic E-state index is 12.7. The predicted molar refractivity (Wildman–Crippen MR) is 112 cm³/mol. The Kier molecular flexibility index (Phi) is 7.07. The second kappa shape index (κ2) is 9.10. The Labute approximate surface area is 167 Å². The Morgan fingerprint density at radius 1 is 1.14 bits per heavy atom. The zero-order valence-electron chi connectivity index (χ0n) is 17.0. The summed E-state index contributed by atoms with van der Waals surface area (Å²) >= 11 is 0. The minimum atomic E-state index is -3.64. The molecule has 1 unspecified atom stereocenters. The molecule has 0 fully saturated rings. The fourth-order valence-electron chi connectivity index (χ4n) is 2.94. The van der Waals surface area contributed by atoms with Crippen molar-refractivity contribution in [3.05, 3.63) is 59.2 Å². The van der Waals surface area contributed by atoms with Crippen LogP contribution in [0.5, 0.6) is 5.75 Å². The van der Waals surface area contributed by atoms with E-state index in [0.29, 0.717) is 18.8 Å². The minimum absolute atomic E-state index is 0.306. The van der Waals surface area contributed by atoms with Crippen molar-refractivity contribution in [2.24, 2.45) is 0 Å². The van der Waals surface area contributed by atoms with Crippen molar-refractivity contribution in [2.75, 3.05) is 17.2 Å². The average Bonchev–Trinajstić information content (AvgIpc) is 2.63. The summed E-state index contributed by atoms with van der Waals surface area (Å²) in [4.78, 5) is 12.7. The first-order chi connectivity index (χ1) is 13.1. The summed E-state index contributed by atoms with van der Waals surface area (Å²) in [5.41, 5.74) is 3.14. The van der Waals surface area contributed by atoms with Gasteiger partial charge < -0.3 is 10.1 Å². The first-order valence-electron chi connectivity index (χ1n) is 9.19. The molecular weight excluding hydrogens is 376 g/mol. The molecule has 0 aliphatic rings. The molecule has 0 bridgehead atoms. The van der Waals surface area contributed by atoms with E-state index in [1.165, 1.54) is 4.31 Å². The lowest BCUT2D eigenvalue weighted by atomic mass is 10.1. The molecule has 0 aliphatic heterocycles. The number of carbonyl (C=O) groups excluding carboxylic acids is 1. The van der Waals surface area contributed by atoms with E-state index >= 15 is 0 Å². The number of nitrogens with zero attached hydrogens (tertiary/aromatic N) is 1. The molecule has 0 radical (unpaired) electrons. The van der Waals surface area contributed by atoms with Crippen molar-refractivity contribution in [3.8, 4) is 5.75 Å². The monoisotopic (exact) mass is 404 g/mol. The number of aryl methyl sites for hydroxylation is 2. The second-order valence-electron chi connectivity index (χ2n) is 6.82. The van der Waals surface area contributed by atoms with Gasteiger partial charge in [0.05, 0.1) is 18.6 Å². The van der Waals surface area contributed by atoms with Crippen molar-refractivity contribution in [1.29, 1.82) is 0 Å². The maximum absolute atomic E-state index is 12.7. The molecule has 2 aromatic carbocycles. The lowest BCUT2D eigenvalue weighted by Crippen LogP contribution is -2.48. The predicted octanol–water partition coefficient (Wildman–Crippen LogP) is 3.17. The number of carbonyl (C=O) groups is 1. The molecule has 0 heterocycles. The lowest BCUT2D eigenvalue weighted by Gasteiger charge is -2.29. The third-order valence-corrected chi connectivity index (χ3v) is 5.62. The van der Waals surface area contributed by atoms with E-state index in [1.54, 1.807) is 13.0 Å². The van der Waals surface area contributed by atoms with E-state index in [1.807, 2.05) is 57.2 Å². The molecule has 7 heteroatoms. The van der Waals surface area contributed by atoms with Crippen LogP contribution in [0.25, 0.3) is 0 Å². The van der Waals surface area contributed by atoms with Gasteiger partial charge in [0.1, 0.15) is 11.8 Å². The van der Waals surface area contributed by atoms with Gasteiger partial charge in [-0.15, -0.1) is 0 Å². The molecule has 152 valence electrons. The quantitative estimate of drug-likeness (QED) is 0.733. The van der Waals surface area contributed by atoms with Gasteiger partial charge in [0.15, 0.2) is 0 Å². The molecule has 0 aromatic heterocycles. The van der Waals surface area contributed by atoms with Crippen molar-refractivity contribution >= 4 is 21.6 Å². The first kappa shape index (κ1) is 21.8. The lowest BCUT2D eigenvalue weighted by molar-refractivity contribution is -0.122. The molecule has 0 saturated heterocycles. The molecule has 1 amide bonds. The number of amides is 1. The average molecular weight is 405 g/mol. The number of rotatable bonds is 8. The number of hydrogen-bond donors (Lipinski definition) is 1. The van der Waals surface area contributed by atoms with Gasteiger partial charge in [-0.3, -0.25) is 9.10 Å². The highest BCUT2D eigenvalue weighted by Gasteiger charge is 2.30. The Morgan fingerprint density at radius 2 is 1.79 bits per heavy atom. The van der Waals surface area contributed by atoms with Crippen LogP contribution in [0.4, 0.5) is 5.69 Å². The molecule has 6 nitrogen and oxygen atoms in total. The number of benzene rings is 2. The Morgan fingerprint density at radius 3 is 2.36 bits per heavy atom. The highest BCUT2D eigenvalue weighted by molar-refractivity contribution is 7.92. The normalized spacial score (nSPS) is 12.3. The van der Waals surface area contributed by atoms with Crippen LogP contribution in [0, 0.1) is 13.8 Å². The van der Waals surface area contributed by atoms with Gasteiger partial charge >= 0.3 is 0 Å². The molecule has 0 spiro atoms. The molecular formula is C21H28N2O4S. The molecule has 0 saturated carbocycles. The summed E-state index contributed by atoms with van der Waals surface area (Å²) in [6.45, 7) is 8.13. The van der Waals surface area contributed by atoms with E-state index in [0.717, 1.165) is 28.7 Å². The molecule has 2 aromatic rings. The van der Waals surface area contributed by atoms with Gasteiger partial charge in [0, 0.05) is 6.54 Å². The highest BCUT2D eigenvalue weighted by Crippen LogP contribution is 2.26. The van der Waals surface area contributed by atoms with Crippen molar-refractivity contribution in [1.82, 2.24) is 5.32 Å². The third kappa shape index (κ3) is 5.48. The Hall–Kier alpha value is -2.54. The van der Waals surface area contributed by atoms with E-state index in [2.05, 4.69) is 5.32 Å². The van der Waals surface area contributed by atoms with Crippen LogP contribution in [0.15, 0.2) is 42.5 Å². The highest BCUT2D eigenvalue weighted by atomic mass is 32.2. The van der Waals surface area contributed by atoms with Gasteiger partial charge in [0.2, 0.25) is 15.9 Å². The van der Waals surface area contributed by atoms with Crippen LogP contribution >= 0.6 is 0 Å². The second-order valence-corrected chi connectivity index (χ2v) is 8.68.